The number of benzene rings is 1. The van der Waals surface area contributed by atoms with Gasteiger partial charge in [0.25, 0.3) is 0 Å². The molecule has 1 aliphatic heterocycles. The maximum atomic E-state index is 14.5. The van der Waals surface area contributed by atoms with E-state index in [4.69, 9.17) is 24.2 Å². The van der Waals surface area contributed by atoms with E-state index in [1.54, 1.807) is 25.3 Å². The van der Waals surface area contributed by atoms with E-state index in [-0.39, 0.29) is 31.5 Å². The SMILES string of the molecule is C=C[C@@H]1C[C@]1(NC(=O)[C@@H]1C[C@@H](Oc2cc(-c3csc(NC(C)C)n3)nc3cc(OC)ccc23)CN1C(=O)[C@@H](NC(=O)OC1CCC1)C(C)(C)C)C(=O)O. The molecule has 2 saturated carbocycles. The van der Waals surface area contributed by atoms with Gasteiger partial charge in [0.05, 0.1) is 24.9 Å². The van der Waals surface area contributed by atoms with E-state index in [2.05, 4.69) is 22.5 Å². The number of anilines is 1. The molecule has 4 N–H and O–H groups in total. The lowest BCUT2D eigenvalue weighted by Crippen LogP contribution is -2.59. The Hall–Kier alpha value is -4.92. The first-order chi connectivity index (χ1) is 25.1. The first kappa shape index (κ1) is 37.8. The molecular weight excluding hydrogens is 701 g/mol. The topological polar surface area (TPSA) is 181 Å². The van der Waals surface area contributed by atoms with Gasteiger partial charge in [-0.25, -0.2) is 19.6 Å². The van der Waals surface area contributed by atoms with Gasteiger partial charge in [-0.3, -0.25) is 9.59 Å². The van der Waals surface area contributed by atoms with Crippen molar-refractivity contribution in [3.8, 4) is 22.9 Å². The van der Waals surface area contributed by atoms with E-state index in [9.17, 15) is 24.3 Å². The highest BCUT2D eigenvalue weighted by Gasteiger charge is 2.61. The molecule has 2 aromatic heterocycles. The normalized spacial score (nSPS) is 23.2. The third-order valence-corrected chi connectivity index (χ3v) is 10.8. The number of carbonyl (C=O) groups is 4. The van der Waals surface area contributed by atoms with Crippen molar-refractivity contribution in [1.29, 1.82) is 0 Å². The van der Waals surface area contributed by atoms with Crippen LogP contribution in [0.3, 0.4) is 0 Å². The van der Waals surface area contributed by atoms with E-state index >= 15 is 0 Å². The fourth-order valence-electron chi connectivity index (χ4n) is 6.72. The second-order valence-electron chi connectivity index (χ2n) is 15.4. The van der Waals surface area contributed by atoms with Crippen molar-refractivity contribution in [2.75, 3.05) is 19.0 Å². The van der Waals surface area contributed by atoms with Gasteiger partial charge in [0.15, 0.2) is 5.13 Å². The van der Waals surface area contributed by atoms with Crippen molar-refractivity contribution >= 4 is 51.2 Å². The van der Waals surface area contributed by atoms with Crippen LogP contribution >= 0.6 is 11.3 Å². The third-order valence-electron chi connectivity index (χ3n) is 10.0. The number of methoxy groups -OCH3 is 1. The van der Waals surface area contributed by atoms with Crippen LogP contribution in [0.2, 0.25) is 0 Å². The Labute approximate surface area is 312 Å². The molecule has 6 rings (SSSR count). The summed E-state index contributed by atoms with van der Waals surface area (Å²) in [6.45, 7) is 13.2. The highest BCUT2D eigenvalue weighted by atomic mass is 32.1. The number of ether oxygens (including phenoxy) is 3. The molecule has 0 unspecified atom stereocenters. The summed E-state index contributed by atoms with van der Waals surface area (Å²) in [6.07, 6.45) is 2.68. The molecule has 3 fully saturated rings. The number of aliphatic carboxylic acids is 1. The van der Waals surface area contributed by atoms with Crippen molar-refractivity contribution in [3.05, 3.63) is 42.3 Å². The average molecular weight is 749 g/mol. The van der Waals surface area contributed by atoms with Crippen LogP contribution in [0.25, 0.3) is 22.3 Å². The average Bonchev–Trinajstić information content (AvgIpc) is 3.36. The zero-order valence-electron chi connectivity index (χ0n) is 30.9. The standard InChI is InChI=1S/C38H48N6O8S/c1-8-21-17-38(21,34(47)48)43-32(45)29-15-24(18-44(29)33(46)31(37(4,5)6)42-36(49)52-22-10-9-11-22)51-30-16-27(28-19-53-35(41-28)39-20(2)3)40-26-14-23(50-7)12-13-25(26)30/h8,12-14,16,19-22,24,29,31H,1,9-11,15,17-18H2,2-7H3,(H,39,41)(H,42,49)(H,43,45)(H,47,48)/t21-,24-,29+,31-,38-/m1/s1. The lowest BCUT2D eigenvalue weighted by atomic mass is 9.85. The highest BCUT2D eigenvalue weighted by molar-refractivity contribution is 7.14. The number of alkyl carbamates (subject to hydrolysis) is 1. The van der Waals surface area contributed by atoms with Crippen molar-refractivity contribution < 1.29 is 38.5 Å². The van der Waals surface area contributed by atoms with E-state index in [0.717, 1.165) is 24.4 Å². The minimum Gasteiger partial charge on any atom is -0.497 e. The molecule has 0 spiro atoms. The maximum absolute atomic E-state index is 14.5. The molecule has 2 aliphatic carbocycles. The van der Waals surface area contributed by atoms with Crippen LogP contribution in [0, 0.1) is 11.3 Å². The van der Waals surface area contributed by atoms with Crippen molar-refractivity contribution in [3.63, 3.8) is 0 Å². The molecule has 53 heavy (non-hydrogen) atoms. The molecule has 3 aromatic rings. The molecule has 15 heteroatoms. The Kier molecular flexibility index (Phi) is 10.6. The minimum absolute atomic E-state index is 0.0116. The van der Waals surface area contributed by atoms with Crippen molar-refractivity contribution in [2.45, 2.75) is 103 Å². The molecular formula is C38H48N6O8S. The first-order valence-electron chi connectivity index (χ1n) is 17.9. The number of fused-ring (bicyclic) bond motifs is 1. The summed E-state index contributed by atoms with van der Waals surface area (Å²) >= 11 is 1.46. The summed E-state index contributed by atoms with van der Waals surface area (Å²) in [5.41, 5.74) is -0.482. The summed E-state index contributed by atoms with van der Waals surface area (Å²) in [4.78, 5) is 64.8. The zero-order valence-corrected chi connectivity index (χ0v) is 31.7. The second kappa shape index (κ2) is 14.8. The summed E-state index contributed by atoms with van der Waals surface area (Å²) < 4.78 is 17.7. The van der Waals surface area contributed by atoms with Gasteiger partial charge < -0.3 is 40.2 Å². The van der Waals surface area contributed by atoms with Crippen LogP contribution in [0.1, 0.15) is 66.7 Å². The molecule has 1 saturated heterocycles. The Morgan fingerprint density at radius 1 is 1.11 bits per heavy atom. The minimum atomic E-state index is -1.51. The lowest BCUT2D eigenvalue weighted by molar-refractivity contribution is -0.146. The Bertz CT molecular complexity index is 1900. The van der Waals surface area contributed by atoms with E-state index in [1.807, 2.05) is 46.1 Å². The Morgan fingerprint density at radius 3 is 2.47 bits per heavy atom. The van der Waals surface area contributed by atoms with Gasteiger partial charge in [-0.2, -0.15) is 0 Å². The summed E-state index contributed by atoms with van der Waals surface area (Å²) in [5.74, 6) is -1.70. The summed E-state index contributed by atoms with van der Waals surface area (Å²) in [5, 5.41) is 22.2. The molecule has 0 radical (unpaired) electrons. The summed E-state index contributed by atoms with van der Waals surface area (Å²) in [6, 6.07) is 5.25. The quantitative estimate of drug-likeness (QED) is 0.165. The number of amides is 3. The number of carbonyl (C=O) groups excluding carboxylic acids is 3. The van der Waals surface area contributed by atoms with Crippen LogP contribution in [-0.4, -0.2) is 93.4 Å². The van der Waals surface area contributed by atoms with Gasteiger partial charge in [-0.15, -0.1) is 17.9 Å². The molecule has 5 atom stereocenters. The Morgan fingerprint density at radius 2 is 1.87 bits per heavy atom. The van der Waals surface area contributed by atoms with Gasteiger partial charge in [-0.1, -0.05) is 26.8 Å². The van der Waals surface area contributed by atoms with Gasteiger partial charge in [0, 0.05) is 41.3 Å². The first-order valence-corrected chi connectivity index (χ1v) is 18.8. The molecule has 14 nitrogen and oxygen atoms in total. The highest BCUT2D eigenvalue weighted by Crippen LogP contribution is 2.45. The molecule has 1 aromatic carbocycles. The third kappa shape index (κ3) is 8.04. The van der Waals surface area contributed by atoms with Gasteiger partial charge in [0.2, 0.25) is 11.8 Å². The molecule has 3 amide bonds. The predicted molar refractivity (Wildman–Crippen MR) is 200 cm³/mol. The number of carboxylic acids is 1. The molecule has 0 bridgehead atoms. The van der Waals surface area contributed by atoms with Crippen LogP contribution in [0.15, 0.2) is 42.3 Å². The number of aromatic nitrogens is 2. The Balaban J connectivity index is 1.33. The molecule has 3 heterocycles. The van der Waals surface area contributed by atoms with Crippen LogP contribution in [0.4, 0.5) is 9.93 Å². The lowest BCUT2D eigenvalue weighted by Gasteiger charge is -2.36. The number of nitrogens with one attached hydrogen (secondary N) is 3. The number of rotatable bonds is 13. The second-order valence-corrected chi connectivity index (χ2v) is 16.3. The van der Waals surface area contributed by atoms with E-state index < -0.39 is 58.9 Å². The number of thiazole rings is 1. The predicted octanol–water partition coefficient (Wildman–Crippen LogP) is 5.37. The van der Waals surface area contributed by atoms with Gasteiger partial charge in [-0.05, 0) is 57.1 Å². The largest absolute Gasteiger partial charge is 0.497 e. The van der Waals surface area contributed by atoms with Crippen molar-refractivity contribution in [2.24, 2.45) is 11.3 Å². The number of carboxylic acid groups (broad SMARTS) is 1. The van der Waals surface area contributed by atoms with Crippen LogP contribution < -0.4 is 25.4 Å². The van der Waals surface area contributed by atoms with Crippen LogP contribution in [-0.2, 0) is 19.1 Å². The van der Waals surface area contributed by atoms with Crippen LogP contribution in [0.5, 0.6) is 11.5 Å². The van der Waals surface area contributed by atoms with E-state index in [0.29, 0.717) is 33.8 Å². The van der Waals surface area contributed by atoms with E-state index in [1.165, 1.54) is 22.3 Å². The fraction of sp³-hybridized carbons (Fsp3) is 0.526. The number of hydrogen-bond donors (Lipinski definition) is 4. The molecule has 3 aliphatic rings. The zero-order chi connectivity index (χ0) is 38.2. The fourth-order valence-corrected chi connectivity index (χ4v) is 7.57. The number of hydrogen-bond acceptors (Lipinski definition) is 11. The van der Waals surface area contributed by atoms with Gasteiger partial charge >= 0.3 is 12.1 Å². The van der Waals surface area contributed by atoms with Crippen molar-refractivity contribution in [1.82, 2.24) is 25.5 Å². The number of pyridine rings is 1. The molecule has 284 valence electrons. The monoisotopic (exact) mass is 748 g/mol. The number of likely N-dealkylation sites (tertiary alicyclic amines) is 1. The maximum Gasteiger partial charge on any atom is 0.408 e. The number of nitrogens with zero attached hydrogens (tertiary/aromatic N) is 3. The summed E-state index contributed by atoms with van der Waals surface area (Å²) in [7, 11) is 1.57. The smallest absolute Gasteiger partial charge is 0.408 e. The van der Waals surface area contributed by atoms with Gasteiger partial charge in [0.1, 0.15) is 47.0 Å².